The van der Waals surface area contributed by atoms with Gasteiger partial charge in [-0.1, -0.05) is 0 Å². The van der Waals surface area contributed by atoms with E-state index in [1.165, 1.54) is 0 Å². The zero-order chi connectivity index (χ0) is 14.1. The highest BCUT2D eigenvalue weighted by Gasteiger charge is 2.27. The molecule has 6 heteroatoms. The molecule has 0 saturated carbocycles. The predicted octanol–water partition coefficient (Wildman–Crippen LogP) is 0.206. The Kier molecular flexibility index (Phi) is 3.50. The van der Waals surface area contributed by atoms with Crippen molar-refractivity contribution in [1.82, 2.24) is 0 Å². The van der Waals surface area contributed by atoms with Gasteiger partial charge >= 0.3 is 0 Å². The molecule has 1 fully saturated rings. The number of benzene rings is 1. The van der Waals surface area contributed by atoms with Gasteiger partial charge in [0.05, 0.1) is 18.9 Å². The summed E-state index contributed by atoms with van der Waals surface area (Å²) in [5, 5.41) is 0. The average Bonchev–Trinajstić information content (AvgIpc) is 2.61. The monoisotopic (exact) mass is 277 g/mol. The highest BCUT2D eigenvalue weighted by Crippen LogP contribution is 2.34. The lowest BCUT2D eigenvalue weighted by atomic mass is 10.2. The van der Waals surface area contributed by atoms with Crippen LogP contribution in [0.2, 0.25) is 0 Å². The summed E-state index contributed by atoms with van der Waals surface area (Å²) in [6, 6.07) is 5.29. The van der Waals surface area contributed by atoms with Crippen LogP contribution in [-0.2, 0) is 9.53 Å². The van der Waals surface area contributed by atoms with Crippen molar-refractivity contribution < 1.29 is 14.3 Å². The van der Waals surface area contributed by atoms with Gasteiger partial charge in [0.15, 0.2) is 0 Å². The second-order valence-corrected chi connectivity index (χ2v) is 5.07. The molecule has 0 aromatic heterocycles. The fourth-order valence-electron chi connectivity index (χ4n) is 2.53. The molecule has 20 heavy (non-hydrogen) atoms. The fraction of sp³-hybridized carbons (Fsp3) is 0.500. The van der Waals surface area contributed by atoms with Crippen molar-refractivity contribution in [2.75, 3.05) is 49.8 Å². The highest BCUT2D eigenvalue weighted by atomic mass is 16.5. The third kappa shape index (κ3) is 2.32. The van der Waals surface area contributed by atoms with Crippen LogP contribution in [0, 0.1) is 0 Å². The van der Waals surface area contributed by atoms with E-state index in [4.69, 9.17) is 15.2 Å². The minimum absolute atomic E-state index is 0.122. The molecule has 1 amide bonds. The molecule has 6 nitrogen and oxygen atoms in total. The number of rotatable bonds is 1. The van der Waals surface area contributed by atoms with E-state index < -0.39 is 6.04 Å². The molecule has 2 N–H and O–H groups in total. The largest absolute Gasteiger partial charge is 0.489 e. The number of fused-ring (bicyclic) bond motifs is 1. The van der Waals surface area contributed by atoms with Crippen molar-refractivity contribution in [3.8, 4) is 5.75 Å². The molecule has 2 aliphatic rings. The average molecular weight is 277 g/mol. The predicted molar refractivity (Wildman–Crippen MR) is 76.4 cm³/mol. The Morgan fingerprint density at radius 2 is 2.05 bits per heavy atom. The third-order valence-electron chi connectivity index (χ3n) is 3.75. The van der Waals surface area contributed by atoms with Gasteiger partial charge < -0.3 is 25.0 Å². The zero-order valence-electron chi connectivity index (χ0n) is 11.5. The van der Waals surface area contributed by atoms with Crippen LogP contribution in [0.25, 0.3) is 0 Å². The highest BCUT2D eigenvalue weighted by molar-refractivity contribution is 5.99. The van der Waals surface area contributed by atoms with Crippen LogP contribution in [0.3, 0.4) is 0 Å². The number of hydrogen-bond acceptors (Lipinski definition) is 5. The molecular formula is C14H19N3O3. The molecule has 1 saturated heterocycles. The molecule has 2 heterocycles. The molecule has 0 spiro atoms. The van der Waals surface area contributed by atoms with Gasteiger partial charge in [0.2, 0.25) is 5.91 Å². The topological polar surface area (TPSA) is 68.0 Å². The first-order chi connectivity index (χ1) is 9.66. The number of carbonyl (C=O) groups excluding carboxylic acids is 1. The minimum Gasteiger partial charge on any atom is -0.489 e. The van der Waals surface area contributed by atoms with Gasteiger partial charge in [0.1, 0.15) is 18.4 Å². The Morgan fingerprint density at radius 1 is 1.30 bits per heavy atom. The van der Waals surface area contributed by atoms with E-state index in [2.05, 4.69) is 4.90 Å². The van der Waals surface area contributed by atoms with Gasteiger partial charge in [-0.05, 0) is 18.2 Å². The lowest BCUT2D eigenvalue weighted by Crippen LogP contribution is -2.43. The number of amides is 1. The van der Waals surface area contributed by atoms with Crippen LogP contribution in [0.5, 0.6) is 5.75 Å². The van der Waals surface area contributed by atoms with Crippen LogP contribution >= 0.6 is 0 Å². The molecule has 1 atom stereocenters. The van der Waals surface area contributed by atoms with E-state index in [9.17, 15) is 4.79 Å². The van der Waals surface area contributed by atoms with E-state index in [0.717, 1.165) is 37.7 Å². The van der Waals surface area contributed by atoms with Gasteiger partial charge in [-0.15, -0.1) is 0 Å². The van der Waals surface area contributed by atoms with E-state index in [0.29, 0.717) is 5.75 Å². The maximum absolute atomic E-state index is 12.1. The maximum atomic E-state index is 12.1. The number of likely N-dealkylation sites (N-methyl/N-ethyl adjacent to an activating group) is 1. The quantitative estimate of drug-likeness (QED) is 0.794. The standard InChI is InChI=1S/C14H19N3O3/c1-16-12-8-10(17-4-6-19-7-5-17)2-3-13(12)20-9-11(15)14(16)18/h2-3,8,11H,4-7,9,15H2,1H3/t11-/m0/s1. The first-order valence-electron chi connectivity index (χ1n) is 6.79. The van der Waals surface area contributed by atoms with Crippen molar-refractivity contribution >= 4 is 17.3 Å². The van der Waals surface area contributed by atoms with Gasteiger partial charge in [-0.3, -0.25) is 4.79 Å². The lowest BCUT2D eigenvalue weighted by Gasteiger charge is -2.30. The Hall–Kier alpha value is -1.79. The van der Waals surface area contributed by atoms with Crippen LogP contribution < -0.4 is 20.3 Å². The van der Waals surface area contributed by atoms with Gasteiger partial charge in [0.25, 0.3) is 0 Å². The van der Waals surface area contributed by atoms with Crippen molar-refractivity contribution in [2.24, 2.45) is 5.73 Å². The second kappa shape index (κ2) is 5.30. The van der Waals surface area contributed by atoms with E-state index in [1.807, 2.05) is 18.2 Å². The molecule has 2 aliphatic heterocycles. The van der Waals surface area contributed by atoms with Crippen molar-refractivity contribution in [2.45, 2.75) is 6.04 Å². The van der Waals surface area contributed by atoms with E-state index in [1.54, 1.807) is 11.9 Å². The summed E-state index contributed by atoms with van der Waals surface area (Å²) in [4.78, 5) is 15.9. The number of anilines is 2. The number of nitrogens with two attached hydrogens (primary N) is 1. The molecule has 1 aromatic carbocycles. The zero-order valence-corrected chi connectivity index (χ0v) is 11.5. The number of nitrogens with zero attached hydrogens (tertiary/aromatic N) is 2. The number of carbonyl (C=O) groups is 1. The molecule has 0 unspecified atom stereocenters. The first-order valence-corrected chi connectivity index (χ1v) is 6.79. The molecular weight excluding hydrogens is 258 g/mol. The normalized spacial score (nSPS) is 23.1. The minimum atomic E-state index is -0.612. The number of morpholine rings is 1. The molecule has 0 bridgehead atoms. The molecule has 0 radical (unpaired) electrons. The second-order valence-electron chi connectivity index (χ2n) is 5.07. The van der Waals surface area contributed by atoms with Crippen molar-refractivity contribution in [3.63, 3.8) is 0 Å². The molecule has 3 rings (SSSR count). The summed E-state index contributed by atoms with van der Waals surface area (Å²) in [5.74, 6) is 0.577. The van der Waals surface area contributed by atoms with Crippen LogP contribution in [0.1, 0.15) is 0 Å². The number of ether oxygens (including phenoxy) is 2. The van der Waals surface area contributed by atoms with Crippen molar-refractivity contribution in [3.05, 3.63) is 18.2 Å². The first kappa shape index (κ1) is 13.2. The summed E-state index contributed by atoms with van der Waals surface area (Å²) in [7, 11) is 1.73. The Morgan fingerprint density at radius 3 is 2.80 bits per heavy atom. The SMILES string of the molecule is CN1C(=O)[C@@H](N)COc2ccc(N3CCOCC3)cc21. The van der Waals surface area contributed by atoms with Crippen LogP contribution in [0.15, 0.2) is 18.2 Å². The van der Waals surface area contributed by atoms with E-state index in [-0.39, 0.29) is 12.5 Å². The van der Waals surface area contributed by atoms with Crippen LogP contribution in [0.4, 0.5) is 11.4 Å². The summed E-state index contributed by atoms with van der Waals surface area (Å²) in [5.41, 5.74) is 7.63. The Balaban J connectivity index is 1.93. The van der Waals surface area contributed by atoms with Gasteiger partial charge in [0, 0.05) is 25.8 Å². The lowest BCUT2D eigenvalue weighted by molar-refractivity contribution is -0.119. The molecule has 1 aromatic rings. The van der Waals surface area contributed by atoms with E-state index >= 15 is 0 Å². The Bertz CT molecular complexity index is 514. The van der Waals surface area contributed by atoms with Crippen LogP contribution in [-0.4, -0.2) is 51.9 Å². The van der Waals surface area contributed by atoms with Gasteiger partial charge in [-0.25, -0.2) is 0 Å². The maximum Gasteiger partial charge on any atom is 0.247 e. The summed E-state index contributed by atoms with van der Waals surface area (Å²) < 4.78 is 11.0. The van der Waals surface area contributed by atoms with Crippen molar-refractivity contribution in [1.29, 1.82) is 0 Å². The molecule has 108 valence electrons. The smallest absolute Gasteiger partial charge is 0.247 e. The fourth-order valence-corrected chi connectivity index (χ4v) is 2.53. The summed E-state index contributed by atoms with van der Waals surface area (Å²) in [6.07, 6.45) is 0. The number of hydrogen-bond donors (Lipinski definition) is 1. The van der Waals surface area contributed by atoms with Gasteiger partial charge in [-0.2, -0.15) is 0 Å². The molecule has 0 aliphatic carbocycles. The third-order valence-corrected chi connectivity index (χ3v) is 3.75. The summed E-state index contributed by atoms with van der Waals surface area (Å²) in [6.45, 7) is 3.39. The summed E-state index contributed by atoms with van der Waals surface area (Å²) >= 11 is 0. The Labute approximate surface area is 118 Å².